The molecule has 4 nitrogen and oxygen atoms in total. The first kappa shape index (κ1) is 16.5. The molecule has 0 aromatic carbocycles. The van der Waals surface area contributed by atoms with Gasteiger partial charge in [0.2, 0.25) is 0 Å². The minimum atomic E-state index is -4.62. The summed E-state index contributed by atoms with van der Waals surface area (Å²) >= 11 is 1.49. The second kappa shape index (κ2) is 6.12. The van der Waals surface area contributed by atoms with E-state index in [9.17, 15) is 18.0 Å². The summed E-state index contributed by atoms with van der Waals surface area (Å²) in [6.07, 6.45) is -3.66. The lowest BCUT2D eigenvalue weighted by molar-refractivity contribution is -0.144. The molecule has 120 valence electrons. The first-order valence-corrected chi connectivity index (χ1v) is 7.56. The Labute approximate surface area is 129 Å². The van der Waals surface area contributed by atoms with Crippen molar-refractivity contribution in [2.24, 2.45) is 0 Å². The topological polar surface area (TPSA) is 46.9 Å². The molecule has 0 saturated heterocycles. The molecule has 1 amide bonds. The summed E-state index contributed by atoms with van der Waals surface area (Å²) in [4.78, 5) is 14.1. The molecule has 2 aromatic rings. The maximum Gasteiger partial charge on any atom is 0.433 e. The number of hydrogen-bond donors (Lipinski definition) is 1. The SMILES string of the molecule is CCn1ncc(C(=O)N[C@H](C)c2ccc(C)s2)c1C(F)(F)F. The largest absolute Gasteiger partial charge is 0.433 e. The van der Waals surface area contributed by atoms with Gasteiger partial charge in [0.05, 0.1) is 17.8 Å². The highest BCUT2D eigenvalue weighted by molar-refractivity contribution is 7.12. The third-order valence-electron chi connectivity index (χ3n) is 3.19. The molecule has 0 spiro atoms. The number of alkyl halides is 3. The van der Waals surface area contributed by atoms with Crippen molar-refractivity contribution < 1.29 is 18.0 Å². The Kier molecular flexibility index (Phi) is 4.60. The predicted molar refractivity (Wildman–Crippen MR) is 77.8 cm³/mol. The second-order valence-electron chi connectivity index (χ2n) is 4.86. The Morgan fingerprint density at radius 2 is 2.14 bits per heavy atom. The number of rotatable bonds is 4. The highest BCUT2D eigenvalue weighted by Gasteiger charge is 2.39. The quantitative estimate of drug-likeness (QED) is 0.927. The van der Waals surface area contributed by atoms with E-state index in [-0.39, 0.29) is 12.6 Å². The summed E-state index contributed by atoms with van der Waals surface area (Å²) in [5, 5.41) is 6.24. The van der Waals surface area contributed by atoms with Crippen molar-refractivity contribution in [3.05, 3.63) is 39.3 Å². The zero-order chi connectivity index (χ0) is 16.5. The average Bonchev–Trinajstić information content (AvgIpc) is 3.03. The zero-order valence-corrected chi connectivity index (χ0v) is 13.2. The van der Waals surface area contributed by atoms with Gasteiger partial charge in [0, 0.05) is 16.3 Å². The average molecular weight is 331 g/mol. The van der Waals surface area contributed by atoms with Crippen molar-refractivity contribution in [1.29, 1.82) is 0 Å². The lowest BCUT2D eigenvalue weighted by atomic mass is 10.2. The van der Waals surface area contributed by atoms with Crippen LogP contribution in [0.2, 0.25) is 0 Å². The fourth-order valence-corrected chi connectivity index (χ4v) is 3.00. The molecule has 2 rings (SSSR count). The van der Waals surface area contributed by atoms with Gasteiger partial charge in [-0.1, -0.05) is 0 Å². The van der Waals surface area contributed by atoms with Crippen LogP contribution in [0.4, 0.5) is 13.2 Å². The Morgan fingerprint density at radius 1 is 1.45 bits per heavy atom. The molecule has 2 heterocycles. The van der Waals surface area contributed by atoms with Crippen LogP contribution in [0, 0.1) is 6.92 Å². The van der Waals surface area contributed by atoms with Gasteiger partial charge in [0.25, 0.3) is 5.91 Å². The number of amides is 1. The van der Waals surface area contributed by atoms with Crippen molar-refractivity contribution in [2.75, 3.05) is 0 Å². The van der Waals surface area contributed by atoms with Crippen LogP contribution < -0.4 is 5.32 Å². The monoisotopic (exact) mass is 331 g/mol. The van der Waals surface area contributed by atoms with Gasteiger partial charge in [-0.25, -0.2) is 0 Å². The van der Waals surface area contributed by atoms with Crippen LogP contribution in [-0.2, 0) is 12.7 Å². The third-order valence-corrected chi connectivity index (χ3v) is 4.37. The van der Waals surface area contributed by atoms with Crippen molar-refractivity contribution in [1.82, 2.24) is 15.1 Å². The highest BCUT2D eigenvalue weighted by Crippen LogP contribution is 2.32. The molecule has 0 aliphatic rings. The molecule has 0 aliphatic carbocycles. The van der Waals surface area contributed by atoms with Gasteiger partial charge in [-0.2, -0.15) is 18.3 Å². The first-order valence-electron chi connectivity index (χ1n) is 6.74. The summed E-state index contributed by atoms with van der Waals surface area (Å²) in [6.45, 7) is 5.25. The van der Waals surface area contributed by atoms with E-state index in [0.717, 1.165) is 20.6 Å². The Morgan fingerprint density at radius 3 is 2.64 bits per heavy atom. The van der Waals surface area contributed by atoms with Gasteiger partial charge >= 0.3 is 6.18 Å². The summed E-state index contributed by atoms with van der Waals surface area (Å²) in [5.74, 6) is -0.773. The minimum absolute atomic E-state index is 0.0434. The predicted octanol–water partition coefficient (Wildman–Crippen LogP) is 3.78. The van der Waals surface area contributed by atoms with Gasteiger partial charge in [0.15, 0.2) is 5.69 Å². The second-order valence-corrected chi connectivity index (χ2v) is 6.18. The molecular formula is C14H16F3N3OS. The van der Waals surface area contributed by atoms with E-state index >= 15 is 0 Å². The zero-order valence-electron chi connectivity index (χ0n) is 12.4. The molecule has 2 aromatic heterocycles. The van der Waals surface area contributed by atoms with Crippen LogP contribution in [0.25, 0.3) is 0 Å². The fraction of sp³-hybridized carbons (Fsp3) is 0.429. The van der Waals surface area contributed by atoms with E-state index in [1.807, 2.05) is 19.1 Å². The normalized spacial score (nSPS) is 13.2. The summed E-state index contributed by atoms with van der Waals surface area (Å²) in [7, 11) is 0. The van der Waals surface area contributed by atoms with Crippen LogP contribution in [-0.4, -0.2) is 15.7 Å². The molecule has 0 saturated carbocycles. The molecule has 0 radical (unpaired) electrons. The number of aryl methyl sites for hydroxylation is 2. The van der Waals surface area contributed by atoms with Gasteiger partial charge in [-0.05, 0) is 32.9 Å². The molecule has 22 heavy (non-hydrogen) atoms. The van der Waals surface area contributed by atoms with Gasteiger partial charge in [-0.15, -0.1) is 11.3 Å². The van der Waals surface area contributed by atoms with Gasteiger partial charge < -0.3 is 5.32 Å². The molecule has 1 atom stereocenters. The van der Waals surface area contributed by atoms with Crippen molar-refractivity contribution in [2.45, 2.75) is 39.5 Å². The number of nitrogens with one attached hydrogen (secondary N) is 1. The smallest absolute Gasteiger partial charge is 0.345 e. The molecule has 0 bridgehead atoms. The minimum Gasteiger partial charge on any atom is -0.345 e. The summed E-state index contributed by atoms with van der Waals surface area (Å²) in [5.41, 5.74) is -1.46. The van der Waals surface area contributed by atoms with Crippen LogP contribution >= 0.6 is 11.3 Å². The van der Waals surface area contributed by atoms with Gasteiger partial charge in [0.1, 0.15) is 0 Å². The van der Waals surface area contributed by atoms with Gasteiger partial charge in [-0.3, -0.25) is 9.48 Å². The van der Waals surface area contributed by atoms with Crippen LogP contribution in [0.15, 0.2) is 18.3 Å². The van der Waals surface area contributed by atoms with E-state index in [1.54, 1.807) is 13.8 Å². The van der Waals surface area contributed by atoms with E-state index in [4.69, 9.17) is 0 Å². The Balaban J connectivity index is 2.25. The summed E-state index contributed by atoms with van der Waals surface area (Å²) < 4.78 is 40.1. The molecule has 0 unspecified atom stereocenters. The number of thiophene rings is 1. The number of carbonyl (C=O) groups is 1. The van der Waals surface area contributed by atoms with Crippen molar-refractivity contribution >= 4 is 17.2 Å². The van der Waals surface area contributed by atoms with E-state index in [1.165, 1.54) is 11.3 Å². The molecular weight excluding hydrogens is 315 g/mol. The van der Waals surface area contributed by atoms with E-state index in [2.05, 4.69) is 10.4 Å². The molecule has 0 fully saturated rings. The van der Waals surface area contributed by atoms with Crippen LogP contribution in [0.3, 0.4) is 0 Å². The maximum absolute atomic E-state index is 13.1. The Hall–Kier alpha value is -1.83. The van der Waals surface area contributed by atoms with Crippen molar-refractivity contribution in [3.63, 3.8) is 0 Å². The fourth-order valence-electron chi connectivity index (χ4n) is 2.12. The van der Waals surface area contributed by atoms with E-state index in [0.29, 0.717) is 0 Å². The van der Waals surface area contributed by atoms with E-state index < -0.39 is 23.3 Å². The molecule has 8 heteroatoms. The highest BCUT2D eigenvalue weighted by atomic mass is 32.1. The number of hydrogen-bond acceptors (Lipinski definition) is 3. The molecule has 1 N–H and O–H groups in total. The van der Waals surface area contributed by atoms with Crippen LogP contribution in [0.5, 0.6) is 0 Å². The standard InChI is InChI=1S/C14H16F3N3OS/c1-4-20-12(14(15,16)17)10(7-18-20)13(21)19-9(3)11-6-5-8(2)22-11/h5-7,9H,4H2,1-3H3,(H,19,21)/t9-/m1/s1. The number of nitrogens with zero attached hydrogens (tertiary/aromatic N) is 2. The lowest BCUT2D eigenvalue weighted by Crippen LogP contribution is -2.28. The first-order chi connectivity index (χ1) is 10.2. The number of aromatic nitrogens is 2. The van der Waals surface area contributed by atoms with Crippen molar-refractivity contribution in [3.8, 4) is 0 Å². The third kappa shape index (κ3) is 3.32. The van der Waals surface area contributed by atoms with Crippen LogP contribution in [0.1, 0.15) is 45.7 Å². The number of halogens is 3. The number of carbonyl (C=O) groups excluding carboxylic acids is 1. The lowest BCUT2D eigenvalue weighted by Gasteiger charge is -2.14. The maximum atomic E-state index is 13.1. The summed E-state index contributed by atoms with van der Waals surface area (Å²) in [6, 6.07) is 3.39. The Bertz CT molecular complexity index is 675. The molecule has 0 aliphatic heterocycles.